The molecule has 0 aliphatic rings. The molecule has 4 aromatic rings. The highest BCUT2D eigenvalue weighted by Crippen LogP contribution is 2.24. The molecular formula is C21H17N3O3S. The van der Waals surface area contributed by atoms with Crippen LogP contribution in [0.4, 0.5) is 0 Å². The largest absolute Gasteiger partial charge is 0.466 e. The molecule has 2 aromatic carbocycles. The van der Waals surface area contributed by atoms with Gasteiger partial charge in [0.1, 0.15) is 5.82 Å². The van der Waals surface area contributed by atoms with Gasteiger partial charge in [-0.2, -0.15) is 0 Å². The summed E-state index contributed by atoms with van der Waals surface area (Å²) in [6.07, 6.45) is 0.0702. The first-order valence-corrected chi connectivity index (χ1v) is 9.73. The molecule has 0 unspecified atom stereocenters. The Morgan fingerprint density at radius 1 is 1.07 bits per heavy atom. The third kappa shape index (κ3) is 3.44. The topological polar surface area (TPSA) is 74.1 Å². The van der Waals surface area contributed by atoms with Gasteiger partial charge in [0, 0.05) is 10.9 Å². The molecule has 0 saturated heterocycles. The number of carbonyl (C=O) groups is 1. The summed E-state index contributed by atoms with van der Waals surface area (Å²) in [6, 6.07) is 16.8. The van der Waals surface area contributed by atoms with Crippen molar-refractivity contribution >= 4 is 28.2 Å². The molecule has 140 valence electrons. The van der Waals surface area contributed by atoms with E-state index in [0.717, 1.165) is 5.56 Å². The van der Waals surface area contributed by atoms with Gasteiger partial charge < -0.3 is 4.74 Å². The maximum atomic E-state index is 13.3. The number of aromatic nitrogens is 3. The zero-order valence-electron chi connectivity index (χ0n) is 15.2. The molecule has 0 aliphatic heterocycles. The third-order valence-electron chi connectivity index (χ3n) is 4.17. The van der Waals surface area contributed by atoms with Crippen molar-refractivity contribution in [2.45, 2.75) is 13.3 Å². The molecule has 4 rings (SSSR count). The van der Waals surface area contributed by atoms with Crippen molar-refractivity contribution in [2.75, 3.05) is 6.61 Å². The van der Waals surface area contributed by atoms with Crippen LogP contribution in [-0.4, -0.2) is 27.1 Å². The number of carbonyl (C=O) groups excluding carboxylic acids is 1. The lowest BCUT2D eigenvalue weighted by atomic mass is 10.2. The molecule has 2 heterocycles. The van der Waals surface area contributed by atoms with Crippen LogP contribution in [0.5, 0.6) is 0 Å². The van der Waals surface area contributed by atoms with E-state index in [-0.39, 0.29) is 17.9 Å². The molecule has 0 aliphatic carbocycles. The molecule has 6 nitrogen and oxygen atoms in total. The Hall–Kier alpha value is -3.32. The quantitative estimate of drug-likeness (QED) is 0.486. The van der Waals surface area contributed by atoms with Gasteiger partial charge in [-0.15, -0.1) is 11.3 Å². The lowest BCUT2D eigenvalue weighted by Crippen LogP contribution is -2.22. The molecule has 7 heteroatoms. The molecule has 2 aromatic heterocycles. The van der Waals surface area contributed by atoms with Gasteiger partial charge >= 0.3 is 5.97 Å². The Bertz CT molecular complexity index is 1200. The first kappa shape index (κ1) is 18.1. The number of benzene rings is 2. The van der Waals surface area contributed by atoms with Gasteiger partial charge in [0.15, 0.2) is 5.13 Å². The second-order valence-corrected chi connectivity index (χ2v) is 6.90. The number of ether oxygens (including phenoxy) is 1. The molecule has 0 N–H and O–H groups in total. The first-order valence-electron chi connectivity index (χ1n) is 8.85. The molecule has 0 saturated carbocycles. The molecule has 0 amide bonds. The monoisotopic (exact) mass is 391 g/mol. The van der Waals surface area contributed by atoms with Crippen LogP contribution in [0.25, 0.3) is 27.4 Å². The number of fused-ring (bicyclic) bond motifs is 1. The van der Waals surface area contributed by atoms with Crippen LogP contribution < -0.4 is 5.56 Å². The Balaban J connectivity index is 1.88. The number of hydrogen-bond acceptors (Lipinski definition) is 6. The average Bonchev–Trinajstić information content (AvgIpc) is 3.16. The smallest absolute Gasteiger partial charge is 0.311 e. The van der Waals surface area contributed by atoms with Crippen molar-refractivity contribution in [1.29, 1.82) is 0 Å². The Morgan fingerprint density at radius 3 is 2.61 bits per heavy atom. The van der Waals surface area contributed by atoms with Crippen LogP contribution in [0.2, 0.25) is 0 Å². The minimum Gasteiger partial charge on any atom is -0.466 e. The summed E-state index contributed by atoms with van der Waals surface area (Å²) in [5, 5.41) is 2.76. The van der Waals surface area contributed by atoms with Crippen molar-refractivity contribution in [2.24, 2.45) is 0 Å². The summed E-state index contributed by atoms with van der Waals surface area (Å²) in [5.74, 6) is 0.174. The van der Waals surface area contributed by atoms with E-state index in [0.29, 0.717) is 34.2 Å². The number of hydrogen-bond donors (Lipinski definition) is 0. The van der Waals surface area contributed by atoms with E-state index in [1.807, 2.05) is 48.5 Å². The van der Waals surface area contributed by atoms with Crippen molar-refractivity contribution < 1.29 is 9.53 Å². The van der Waals surface area contributed by atoms with E-state index >= 15 is 0 Å². The fraction of sp³-hybridized carbons (Fsp3) is 0.143. The summed E-state index contributed by atoms with van der Waals surface area (Å²) < 4.78 is 6.49. The first-order chi connectivity index (χ1) is 13.7. The summed E-state index contributed by atoms with van der Waals surface area (Å²) >= 11 is 1.30. The lowest BCUT2D eigenvalue weighted by molar-refractivity contribution is -0.142. The fourth-order valence-electron chi connectivity index (χ4n) is 2.93. The van der Waals surface area contributed by atoms with E-state index in [9.17, 15) is 9.59 Å². The highest BCUT2D eigenvalue weighted by Gasteiger charge is 2.17. The lowest BCUT2D eigenvalue weighted by Gasteiger charge is -2.11. The van der Waals surface area contributed by atoms with Crippen LogP contribution in [0.3, 0.4) is 0 Å². The van der Waals surface area contributed by atoms with Gasteiger partial charge in [-0.1, -0.05) is 42.5 Å². The predicted octanol–water partition coefficient (Wildman–Crippen LogP) is 3.61. The van der Waals surface area contributed by atoms with Gasteiger partial charge in [-0.25, -0.2) is 14.5 Å². The van der Waals surface area contributed by atoms with Crippen LogP contribution >= 0.6 is 11.3 Å². The van der Waals surface area contributed by atoms with Crippen molar-refractivity contribution in [3.8, 4) is 16.5 Å². The van der Waals surface area contributed by atoms with E-state index < -0.39 is 0 Å². The predicted molar refractivity (Wildman–Crippen MR) is 109 cm³/mol. The van der Waals surface area contributed by atoms with Crippen molar-refractivity contribution in [1.82, 2.24) is 14.5 Å². The number of para-hydroxylation sites is 1. The highest BCUT2D eigenvalue weighted by molar-refractivity contribution is 7.12. The van der Waals surface area contributed by atoms with Gasteiger partial charge in [0.2, 0.25) is 0 Å². The van der Waals surface area contributed by atoms with E-state index in [4.69, 9.17) is 9.72 Å². The van der Waals surface area contributed by atoms with Crippen LogP contribution in [-0.2, 0) is 16.0 Å². The Kier molecular flexibility index (Phi) is 4.99. The zero-order valence-corrected chi connectivity index (χ0v) is 16.0. The summed E-state index contributed by atoms with van der Waals surface area (Å²) in [7, 11) is 0. The van der Waals surface area contributed by atoms with E-state index in [2.05, 4.69) is 4.98 Å². The molecule has 0 bridgehead atoms. The van der Waals surface area contributed by atoms with Gasteiger partial charge in [-0.3, -0.25) is 9.59 Å². The minimum atomic E-state index is -0.341. The zero-order chi connectivity index (χ0) is 19.5. The highest BCUT2D eigenvalue weighted by atomic mass is 32.1. The van der Waals surface area contributed by atoms with Crippen molar-refractivity contribution in [3.63, 3.8) is 0 Å². The number of thiazole rings is 1. The second-order valence-electron chi connectivity index (χ2n) is 6.06. The summed E-state index contributed by atoms with van der Waals surface area (Å²) in [6.45, 7) is 2.08. The maximum absolute atomic E-state index is 13.3. The van der Waals surface area contributed by atoms with Crippen molar-refractivity contribution in [3.05, 3.63) is 76.0 Å². The third-order valence-corrected chi connectivity index (χ3v) is 5.04. The van der Waals surface area contributed by atoms with Gasteiger partial charge in [0.05, 0.1) is 29.6 Å². The number of esters is 1. The van der Waals surface area contributed by atoms with Crippen LogP contribution in [0.15, 0.2) is 64.8 Å². The van der Waals surface area contributed by atoms with Crippen LogP contribution in [0.1, 0.15) is 12.6 Å². The molecule has 0 spiro atoms. The molecule has 28 heavy (non-hydrogen) atoms. The number of nitrogens with zero attached hydrogens (tertiary/aromatic N) is 3. The molecule has 0 atom stereocenters. The normalized spacial score (nSPS) is 10.9. The Labute approximate surface area is 165 Å². The SMILES string of the molecule is CCOC(=O)Cc1csc(-n2c(-c3ccccc3)nc3ccccc3c2=O)n1. The van der Waals surface area contributed by atoms with Gasteiger partial charge in [0.25, 0.3) is 5.56 Å². The summed E-state index contributed by atoms with van der Waals surface area (Å²) in [4.78, 5) is 34.2. The fourth-order valence-corrected chi connectivity index (χ4v) is 3.75. The minimum absolute atomic E-state index is 0.0702. The second kappa shape index (κ2) is 7.74. The summed E-state index contributed by atoms with van der Waals surface area (Å²) in [5.41, 5.74) is 1.82. The molecular weight excluding hydrogens is 374 g/mol. The molecule has 0 radical (unpaired) electrons. The Morgan fingerprint density at radius 2 is 1.82 bits per heavy atom. The van der Waals surface area contributed by atoms with E-state index in [1.165, 1.54) is 15.9 Å². The van der Waals surface area contributed by atoms with Gasteiger partial charge in [-0.05, 0) is 19.1 Å². The standard InChI is InChI=1S/C21H17N3O3S/c1-2-27-18(25)12-15-13-28-21(22-15)24-19(14-8-4-3-5-9-14)23-17-11-7-6-10-16(17)20(24)26/h3-11,13H,2,12H2,1H3. The van der Waals surface area contributed by atoms with E-state index in [1.54, 1.807) is 18.4 Å². The number of rotatable bonds is 5. The average molecular weight is 391 g/mol. The maximum Gasteiger partial charge on any atom is 0.311 e. The molecule has 0 fully saturated rings. The van der Waals surface area contributed by atoms with Crippen LogP contribution in [0, 0.1) is 0 Å².